The van der Waals surface area contributed by atoms with E-state index in [0.717, 1.165) is 5.56 Å². The van der Waals surface area contributed by atoms with E-state index in [2.05, 4.69) is 10.6 Å². The highest BCUT2D eigenvalue weighted by atomic mass is 35.5. The van der Waals surface area contributed by atoms with Gasteiger partial charge in [0.05, 0.1) is 11.7 Å². The molecule has 5 nitrogen and oxygen atoms in total. The van der Waals surface area contributed by atoms with Gasteiger partial charge in [-0.15, -0.1) is 0 Å². The zero-order valence-electron chi connectivity index (χ0n) is 17.2. The number of nitrogens with one attached hydrogen (secondary N) is 2. The number of halogens is 2. The summed E-state index contributed by atoms with van der Waals surface area (Å²) >= 11 is 11.5. The molecule has 2 N–H and O–H groups in total. The van der Waals surface area contributed by atoms with Gasteiger partial charge in [-0.25, -0.2) is 9.18 Å². The smallest absolute Gasteiger partial charge is 0.408 e. The number of hydrogen-bond donors (Lipinski definition) is 2. The molecule has 0 aliphatic carbocycles. The predicted octanol–water partition coefficient (Wildman–Crippen LogP) is 5.81. The molecule has 0 aromatic heterocycles. The van der Waals surface area contributed by atoms with Crippen LogP contribution in [-0.4, -0.2) is 22.8 Å². The van der Waals surface area contributed by atoms with Crippen LogP contribution in [0.25, 0.3) is 0 Å². The van der Waals surface area contributed by atoms with Crippen molar-refractivity contribution in [1.82, 2.24) is 5.32 Å². The zero-order valence-corrected chi connectivity index (χ0v) is 18.8. The number of carbonyl (C=O) groups excluding carboxylic acids is 1. The first-order valence-corrected chi connectivity index (χ1v) is 10.4. The van der Waals surface area contributed by atoms with Crippen LogP contribution in [0.15, 0.2) is 36.4 Å². The van der Waals surface area contributed by atoms with Crippen LogP contribution in [0.4, 0.5) is 14.9 Å². The van der Waals surface area contributed by atoms with Crippen LogP contribution in [0, 0.1) is 5.82 Å². The first-order valence-electron chi connectivity index (χ1n) is 9.57. The molecule has 2 atom stereocenters. The average molecular weight is 451 g/mol. The molecule has 1 aliphatic rings. The van der Waals surface area contributed by atoms with Crippen molar-refractivity contribution in [3.8, 4) is 5.75 Å². The van der Waals surface area contributed by atoms with E-state index in [1.807, 2.05) is 19.1 Å². The quantitative estimate of drug-likeness (QED) is 0.576. The fourth-order valence-corrected chi connectivity index (χ4v) is 3.47. The van der Waals surface area contributed by atoms with Crippen molar-refractivity contribution < 1.29 is 18.7 Å². The van der Waals surface area contributed by atoms with E-state index in [0.29, 0.717) is 27.0 Å². The Kier molecular flexibility index (Phi) is 6.53. The van der Waals surface area contributed by atoms with Gasteiger partial charge < -0.3 is 20.1 Å². The molecule has 160 valence electrons. The summed E-state index contributed by atoms with van der Waals surface area (Å²) in [5.74, 6) is 0.215. The van der Waals surface area contributed by atoms with Crippen LogP contribution in [0.1, 0.15) is 44.9 Å². The molecule has 0 saturated carbocycles. The van der Waals surface area contributed by atoms with Crippen LogP contribution in [0.5, 0.6) is 5.75 Å². The van der Waals surface area contributed by atoms with E-state index in [-0.39, 0.29) is 12.5 Å². The highest BCUT2D eigenvalue weighted by Crippen LogP contribution is 2.34. The van der Waals surface area contributed by atoms with Crippen LogP contribution >= 0.6 is 23.8 Å². The minimum absolute atomic E-state index is 0.144. The average Bonchev–Trinajstić information content (AvgIpc) is 2.63. The number of amides is 1. The van der Waals surface area contributed by atoms with E-state index < -0.39 is 23.6 Å². The summed E-state index contributed by atoms with van der Waals surface area (Å²) in [5.41, 5.74) is 1.06. The number of anilines is 1. The largest absolute Gasteiger partial charge is 0.481 e. The number of ether oxygens (including phenoxy) is 2. The number of carbonyl (C=O) groups is 1. The monoisotopic (exact) mass is 450 g/mol. The molecular formula is C22H24ClFN2O3S. The van der Waals surface area contributed by atoms with E-state index in [4.69, 9.17) is 33.3 Å². The molecule has 2 unspecified atom stereocenters. The van der Waals surface area contributed by atoms with Crippen molar-refractivity contribution >= 4 is 40.6 Å². The van der Waals surface area contributed by atoms with Crippen LogP contribution < -0.4 is 15.4 Å². The van der Waals surface area contributed by atoms with E-state index in [1.165, 1.54) is 6.07 Å². The highest BCUT2D eigenvalue weighted by molar-refractivity contribution is 7.80. The second-order valence-corrected chi connectivity index (χ2v) is 8.96. The molecule has 3 rings (SSSR count). The molecule has 0 saturated heterocycles. The maximum absolute atomic E-state index is 14.4. The second kappa shape index (κ2) is 8.78. The SMILES string of the molecule is CC1Oc2ccc(C(Cc3c(F)cccc3Cl)NC(=O)OC(C)(C)C)cc2NC1=S. The van der Waals surface area contributed by atoms with Gasteiger partial charge in [-0.2, -0.15) is 0 Å². The molecule has 0 radical (unpaired) electrons. The van der Waals surface area contributed by atoms with Crippen molar-refractivity contribution in [1.29, 1.82) is 0 Å². The highest BCUT2D eigenvalue weighted by Gasteiger charge is 2.26. The molecule has 1 heterocycles. The summed E-state index contributed by atoms with van der Waals surface area (Å²) in [7, 11) is 0. The molecule has 30 heavy (non-hydrogen) atoms. The number of fused-ring (bicyclic) bond motifs is 1. The maximum atomic E-state index is 14.4. The minimum atomic E-state index is -0.669. The molecular weight excluding hydrogens is 427 g/mol. The topological polar surface area (TPSA) is 59.6 Å². The van der Waals surface area contributed by atoms with Gasteiger partial charge in [0.15, 0.2) is 0 Å². The van der Waals surface area contributed by atoms with Gasteiger partial charge in [-0.3, -0.25) is 0 Å². The lowest BCUT2D eigenvalue weighted by molar-refractivity contribution is 0.0503. The summed E-state index contributed by atoms with van der Waals surface area (Å²) < 4.78 is 25.6. The van der Waals surface area contributed by atoms with Crippen molar-refractivity contribution in [2.45, 2.75) is 51.9 Å². The van der Waals surface area contributed by atoms with Crippen molar-refractivity contribution in [3.63, 3.8) is 0 Å². The van der Waals surface area contributed by atoms with Crippen LogP contribution in [0.3, 0.4) is 0 Å². The third kappa shape index (κ3) is 5.40. The molecule has 1 aliphatic heterocycles. The number of rotatable bonds is 4. The Hall–Kier alpha value is -2.38. The maximum Gasteiger partial charge on any atom is 0.408 e. The Bertz CT molecular complexity index is 957. The molecule has 0 spiro atoms. The van der Waals surface area contributed by atoms with Crippen molar-refractivity contribution in [2.75, 3.05) is 5.32 Å². The predicted molar refractivity (Wildman–Crippen MR) is 120 cm³/mol. The summed E-state index contributed by atoms with van der Waals surface area (Å²) in [4.78, 5) is 13.0. The third-order valence-corrected chi connectivity index (χ3v) is 5.29. The van der Waals surface area contributed by atoms with Crippen LogP contribution in [-0.2, 0) is 11.2 Å². The lowest BCUT2D eigenvalue weighted by atomic mass is 9.97. The first-order chi connectivity index (χ1) is 14.0. The van der Waals surface area contributed by atoms with Crippen LogP contribution in [0.2, 0.25) is 5.02 Å². The van der Waals surface area contributed by atoms with Gasteiger partial charge >= 0.3 is 6.09 Å². The van der Waals surface area contributed by atoms with Gasteiger partial charge in [0, 0.05) is 17.0 Å². The van der Waals surface area contributed by atoms with Crippen molar-refractivity contribution in [3.05, 3.63) is 58.4 Å². The fourth-order valence-electron chi connectivity index (χ4n) is 3.08. The molecule has 2 aromatic carbocycles. The first kappa shape index (κ1) is 22.3. The summed E-state index contributed by atoms with van der Waals surface area (Å²) in [6.45, 7) is 7.19. The molecule has 1 amide bonds. The Labute approximate surface area is 185 Å². The lowest BCUT2D eigenvalue weighted by Crippen LogP contribution is -2.36. The fraction of sp³-hybridized carbons (Fsp3) is 0.364. The van der Waals surface area contributed by atoms with E-state index in [9.17, 15) is 9.18 Å². The summed E-state index contributed by atoms with van der Waals surface area (Å²) in [6.07, 6.45) is -0.692. The number of hydrogen-bond acceptors (Lipinski definition) is 4. The molecule has 0 fully saturated rings. The summed E-state index contributed by atoms with van der Waals surface area (Å²) in [5, 5.41) is 6.27. The van der Waals surface area contributed by atoms with Gasteiger partial charge in [0.1, 0.15) is 28.3 Å². The zero-order chi connectivity index (χ0) is 22.1. The molecule has 0 bridgehead atoms. The number of benzene rings is 2. The molecule has 8 heteroatoms. The van der Waals surface area contributed by atoms with E-state index >= 15 is 0 Å². The van der Waals surface area contributed by atoms with Gasteiger partial charge in [0.2, 0.25) is 0 Å². The Morgan fingerprint density at radius 2 is 2.10 bits per heavy atom. The van der Waals surface area contributed by atoms with Gasteiger partial charge in [-0.05, 0) is 57.5 Å². The Morgan fingerprint density at radius 3 is 2.77 bits per heavy atom. The van der Waals surface area contributed by atoms with Gasteiger partial charge in [-0.1, -0.05) is 36.0 Å². The number of alkyl carbamates (subject to hydrolysis) is 1. The standard InChI is InChI=1S/C22H24ClFN2O3S/c1-12-20(30)25-18-10-13(8-9-19(18)28-12)17(26-21(27)29-22(2,3)4)11-14-15(23)6-5-7-16(14)24/h5-10,12,17H,11H2,1-4H3,(H,25,30)(H,26,27). The second-order valence-electron chi connectivity index (χ2n) is 8.11. The molecule has 2 aromatic rings. The Morgan fingerprint density at radius 1 is 1.37 bits per heavy atom. The van der Waals surface area contributed by atoms with E-state index in [1.54, 1.807) is 39.0 Å². The Balaban J connectivity index is 1.94. The van der Waals surface area contributed by atoms with Gasteiger partial charge in [0.25, 0.3) is 0 Å². The number of thiocarbonyl (C=S) groups is 1. The summed E-state index contributed by atoms with van der Waals surface area (Å²) in [6, 6.07) is 9.35. The lowest BCUT2D eigenvalue weighted by Gasteiger charge is -2.28. The third-order valence-electron chi connectivity index (χ3n) is 4.50. The van der Waals surface area contributed by atoms with Crippen molar-refractivity contribution in [2.24, 2.45) is 0 Å². The normalized spacial score (nSPS) is 16.7. The minimum Gasteiger partial charge on any atom is -0.481 e.